The first-order valence-electron chi connectivity index (χ1n) is 9.95. The Hall–Kier alpha value is -2.96. The molecule has 6 heteroatoms. The number of aromatic nitrogens is 2. The molecule has 1 amide bonds. The number of carbonyl (C=O) groups is 1. The summed E-state index contributed by atoms with van der Waals surface area (Å²) >= 11 is 0. The van der Waals surface area contributed by atoms with E-state index in [1.165, 1.54) is 5.56 Å². The molecule has 0 aliphatic carbocycles. The van der Waals surface area contributed by atoms with Gasteiger partial charge in [-0.3, -0.25) is 9.69 Å². The van der Waals surface area contributed by atoms with E-state index < -0.39 is 0 Å². The summed E-state index contributed by atoms with van der Waals surface area (Å²) in [5.74, 6) is 0.889. The van der Waals surface area contributed by atoms with Gasteiger partial charge in [-0.15, -0.1) is 0 Å². The van der Waals surface area contributed by atoms with Crippen LogP contribution in [0.25, 0.3) is 5.69 Å². The van der Waals surface area contributed by atoms with Crippen LogP contribution in [0.4, 0.5) is 0 Å². The lowest BCUT2D eigenvalue weighted by molar-refractivity contribution is 0.0342. The number of morpholine rings is 1. The van der Waals surface area contributed by atoms with E-state index in [1.54, 1.807) is 6.20 Å². The summed E-state index contributed by atoms with van der Waals surface area (Å²) in [5, 5.41) is 3.00. The highest BCUT2D eigenvalue weighted by Gasteiger charge is 2.11. The topological polar surface area (TPSA) is 59.4 Å². The standard InChI is InChI=1S/C23H26N4O2/c1-18-24-10-11-27(18)22-8-4-19(5-9-22)16-25-23(28)21-6-2-20(3-7-21)17-26-12-14-29-15-13-26/h2-11H,12-17H2,1H3,(H,25,28). The van der Waals surface area contributed by atoms with E-state index in [0.717, 1.165) is 49.9 Å². The molecule has 0 bridgehead atoms. The van der Waals surface area contributed by atoms with E-state index >= 15 is 0 Å². The molecule has 0 unspecified atom stereocenters. The van der Waals surface area contributed by atoms with Crippen LogP contribution in [-0.4, -0.2) is 46.7 Å². The van der Waals surface area contributed by atoms with E-state index in [1.807, 2.05) is 66.2 Å². The quantitative estimate of drug-likeness (QED) is 0.703. The number of aryl methyl sites for hydroxylation is 1. The normalized spacial score (nSPS) is 14.7. The molecule has 29 heavy (non-hydrogen) atoms. The fourth-order valence-electron chi connectivity index (χ4n) is 3.49. The molecular formula is C23H26N4O2. The van der Waals surface area contributed by atoms with E-state index in [2.05, 4.69) is 15.2 Å². The van der Waals surface area contributed by atoms with Crippen LogP contribution in [0.1, 0.15) is 27.3 Å². The average Bonchev–Trinajstić information content (AvgIpc) is 3.19. The molecule has 0 saturated carbocycles. The van der Waals surface area contributed by atoms with Gasteiger partial charge in [-0.05, 0) is 42.3 Å². The van der Waals surface area contributed by atoms with Gasteiger partial charge >= 0.3 is 0 Å². The summed E-state index contributed by atoms with van der Waals surface area (Å²) in [6, 6.07) is 16.0. The Kier molecular flexibility index (Phi) is 6.03. The third kappa shape index (κ3) is 4.91. The maximum atomic E-state index is 12.5. The number of carbonyl (C=O) groups excluding carboxylic acids is 1. The van der Waals surface area contributed by atoms with Gasteiger partial charge in [0.15, 0.2) is 0 Å². The summed E-state index contributed by atoms with van der Waals surface area (Å²) in [5.41, 5.74) is 4.02. The lowest BCUT2D eigenvalue weighted by Gasteiger charge is -2.26. The number of nitrogens with zero attached hydrogens (tertiary/aromatic N) is 3. The van der Waals surface area contributed by atoms with Crippen LogP contribution in [0.5, 0.6) is 0 Å². The summed E-state index contributed by atoms with van der Waals surface area (Å²) in [6.45, 7) is 6.88. The molecule has 0 spiro atoms. The average molecular weight is 390 g/mol. The fourth-order valence-corrected chi connectivity index (χ4v) is 3.49. The second-order valence-electron chi connectivity index (χ2n) is 7.28. The Morgan fingerprint density at radius 2 is 1.72 bits per heavy atom. The second kappa shape index (κ2) is 9.03. The van der Waals surface area contributed by atoms with E-state index in [0.29, 0.717) is 12.1 Å². The SMILES string of the molecule is Cc1nccn1-c1ccc(CNC(=O)c2ccc(CN3CCOCC3)cc2)cc1. The van der Waals surface area contributed by atoms with Gasteiger partial charge in [-0.2, -0.15) is 0 Å². The highest BCUT2D eigenvalue weighted by atomic mass is 16.5. The largest absolute Gasteiger partial charge is 0.379 e. The Bertz CT molecular complexity index is 942. The zero-order valence-electron chi connectivity index (χ0n) is 16.7. The third-order valence-corrected chi connectivity index (χ3v) is 5.22. The van der Waals surface area contributed by atoms with Gasteiger partial charge in [0.05, 0.1) is 13.2 Å². The molecule has 1 fully saturated rings. The maximum Gasteiger partial charge on any atom is 0.251 e. The number of hydrogen-bond acceptors (Lipinski definition) is 4. The Morgan fingerprint density at radius 1 is 1.03 bits per heavy atom. The van der Waals surface area contributed by atoms with Crippen molar-refractivity contribution >= 4 is 5.91 Å². The second-order valence-corrected chi connectivity index (χ2v) is 7.28. The van der Waals surface area contributed by atoms with Gasteiger partial charge in [-0.1, -0.05) is 24.3 Å². The first kappa shape index (κ1) is 19.4. The highest BCUT2D eigenvalue weighted by Crippen LogP contribution is 2.13. The Morgan fingerprint density at radius 3 is 2.38 bits per heavy atom. The lowest BCUT2D eigenvalue weighted by atomic mass is 10.1. The Balaban J connectivity index is 1.30. The molecule has 1 N–H and O–H groups in total. The van der Waals surface area contributed by atoms with Gasteiger partial charge in [0.25, 0.3) is 5.91 Å². The van der Waals surface area contributed by atoms with Crippen molar-refractivity contribution in [3.8, 4) is 5.69 Å². The minimum absolute atomic E-state index is 0.0579. The van der Waals surface area contributed by atoms with Crippen LogP contribution in [0.15, 0.2) is 60.9 Å². The molecule has 2 heterocycles. The maximum absolute atomic E-state index is 12.5. The monoisotopic (exact) mass is 390 g/mol. The number of amides is 1. The minimum atomic E-state index is -0.0579. The predicted molar refractivity (Wildman–Crippen MR) is 112 cm³/mol. The van der Waals surface area contributed by atoms with Crippen LogP contribution in [0.2, 0.25) is 0 Å². The molecule has 1 saturated heterocycles. The third-order valence-electron chi connectivity index (χ3n) is 5.22. The predicted octanol–water partition coefficient (Wildman–Crippen LogP) is 2.94. The van der Waals surface area contributed by atoms with Crippen molar-refractivity contribution in [3.63, 3.8) is 0 Å². The summed E-state index contributed by atoms with van der Waals surface area (Å²) in [6.07, 6.45) is 3.73. The number of ether oxygens (including phenoxy) is 1. The molecule has 1 aliphatic heterocycles. The highest BCUT2D eigenvalue weighted by molar-refractivity contribution is 5.94. The van der Waals surface area contributed by atoms with Crippen molar-refractivity contribution in [1.82, 2.24) is 19.8 Å². The number of benzene rings is 2. The van der Waals surface area contributed by atoms with E-state index in [9.17, 15) is 4.79 Å². The summed E-state index contributed by atoms with van der Waals surface area (Å²) < 4.78 is 7.41. The van der Waals surface area contributed by atoms with Crippen molar-refractivity contribution < 1.29 is 9.53 Å². The number of rotatable bonds is 6. The molecule has 150 valence electrons. The zero-order valence-corrected chi connectivity index (χ0v) is 16.7. The van der Waals surface area contributed by atoms with Crippen molar-refractivity contribution in [3.05, 3.63) is 83.4 Å². The number of imidazole rings is 1. The van der Waals surface area contributed by atoms with Crippen LogP contribution in [0, 0.1) is 6.92 Å². The fraction of sp³-hybridized carbons (Fsp3) is 0.304. The molecule has 3 aromatic rings. The number of hydrogen-bond donors (Lipinski definition) is 1. The van der Waals surface area contributed by atoms with Crippen LogP contribution >= 0.6 is 0 Å². The van der Waals surface area contributed by atoms with Crippen LogP contribution in [-0.2, 0) is 17.8 Å². The molecule has 0 radical (unpaired) electrons. The van der Waals surface area contributed by atoms with Crippen molar-refractivity contribution in [2.24, 2.45) is 0 Å². The van der Waals surface area contributed by atoms with Crippen molar-refractivity contribution in [2.45, 2.75) is 20.0 Å². The molecule has 2 aromatic carbocycles. The lowest BCUT2D eigenvalue weighted by Crippen LogP contribution is -2.35. The van der Waals surface area contributed by atoms with Gasteiger partial charge in [0.2, 0.25) is 0 Å². The van der Waals surface area contributed by atoms with Crippen LogP contribution in [0.3, 0.4) is 0 Å². The molecule has 4 rings (SSSR count). The summed E-state index contributed by atoms with van der Waals surface area (Å²) in [4.78, 5) is 19.1. The smallest absolute Gasteiger partial charge is 0.251 e. The van der Waals surface area contributed by atoms with Crippen molar-refractivity contribution in [1.29, 1.82) is 0 Å². The van der Waals surface area contributed by atoms with Gasteiger partial charge in [-0.25, -0.2) is 4.98 Å². The number of nitrogens with one attached hydrogen (secondary N) is 1. The van der Waals surface area contributed by atoms with Gasteiger partial charge in [0.1, 0.15) is 5.82 Å². The van der Waals surface area contributed by atoms with Crippen LogP contribution < -0.4 is 5.32 Å². The Labute approximate surface area is 171 Å². The summed E-state index contributed by atoms with van der Waals surface area (Å²) in [7, 11) is 0. The zero-order chi connectivity index (χ0) is 20.1. The molecule has 6 nitrogen and oxygen atoms in total. The first-order chi connectivity index (χ1) is 14.2. The first-order valence-corrected chi connectivity index (χ1v) is 9.95. The molecule has 0 atom stereocenters. The van der Waals surface area contributed by atoms with E-state index in [4.69, 9.17) is 4.74 Å². The van der Waals surface area contributed by atoms with Crippen molar-refractivity contribution in [2.75, 3.05) is 26.3 Å². The van der Waals surface area contributed by atoms with E-state index in [-0.39, 0.29) is 5.91 Å². The molecule has 1 aromatic heterocycles. The molecular weight excluding hydrogens is 364 g/mol. The van der Waals surface area contributed by atoms with Gasteiger partial charge in [0, 0.05) is 49.8 Å². The minimum Gasteiger partial charge on any atom is -0.379 e. The van der Waals surface area contributed by atoms with Gasteiger partial charge < -0.3 is 14.6 Å². The molecule has 1 aliphatic rings.